The summed E-state index contributed by atoms with van der Waals surface area (Å²) in [7, 11) is 4.49. The predicted molar refractivity (Wildman–Crippen MR) is 107 cm³/mol. The SMILES string of the molecule is C=CCOC(=O)C1=C(C)NC(S)=C(C#N)[C@H]1c1cc(OC)c(OC)c(OC)c1. The number of nitriles is 1. The minimum absolute atomic E-state index is 0.0525. The lowest BCUT2D eigenvalue weighted by molar-refractivity contribution is -0.138. The van der Waals surface area contributed by atoms with Crippen LogP contribution >= 0.6 is 12.6 Å². The van der Waals surface area contributed by atoms with E-state index in [1.165, 1.54) is 27.4 Å². The van der Waals surface area contributed by atoms with E-state index in [0.717, 1.165) is 0 Å². The number of benzene rings is 1. The van der Waals surface area contributed by atoms with Crippen LogP contribution in [0.4, 0.5) is 0 Å². The maximum atomic E-state index is 12.7. The summed E-state index contributed by atoms with van der Waals surface area (Å²) in [5.41, 5.74) is 1.71. The first-order valence-corrected chi connectivity index (χ1v) is 8.77. The number of ether oxygens (including phenoxy) is 4. The Balaban J connectivity index is 2.72. The Kier molecular flexibility index (Phi) is 7.01. The Morgan fingerprint density at radius 2 is 1.89 bits per heavy atom. The lowest BCUT2D eigenvalue weighted by Crippen LogP contribution is -2.28. The first kappa shape index (κ1) is 21.3. The zero-order chi connectivity index (χ0) is 20.8. The van der Waals surface area contributed by atoms with Crippen molar-refractivity contribution in [2.24, 2.45) is 0 Å². The molecule has 0 unspecified atom stereocenters. The summed E-state index contributed by atoms with van der Waals surface area (Å²) < 4.78 is 21.4. The minimum atomic E-state index is -0.718. The van der Waals surface area contributed by atoms with Crippen molar-refractivity contribution < 1.29 is 23.7 Å². The molecule has 0 saturated heterocycles. The summed E-state index contributed by atoms with van der Waals surface area (Å²) in [5, 5.41) is 13.0. The highest BCUT2D eigenvalue weighted by Gasteiger charge is 2.35. The van der Waals surface area contributed by atoms with Gasteiger partial charge in [-0.25, -0.2) is 4.79 Å². The second-order valence-electron chi connectivity index (χ2n) is 5.82. The van der Waals surface area contributed by atoms with Crippen LogP contribution in [0, 0.1) is 11.3 Å². The van der Waals surface area contributed by atoms with E-state index in [4.69, 9.17) is 18.9 Å². The third-order valence-corrected chi connectivity index (χ3v) is 4.59. The monoisotopic (exact) mass is 402 g/mol. The zero-order valence-electron chi connectivity index (χ0n) is 16.2. The van der Waals surface area contributed by atoms with Crippen LogP contribution in [0.15, 0.2) is 46.7 Å². The first-order chi connectivity index (χ1) is 13.4. The molecule has 2 rings (SSSR count). The number of dihydropyridines is 1. The maximum absolute atomic E-state index is 12.7. The average molecular weight is 402 g/mol. The smallest absolute Gasteiger partial charge is 0.337 e. The number of carbonyl (C=O) groups excluding carboxylic acids is 1. The molecule has 1 N–H and O–H groups in total. The molecule has 0 aliphatic carbocycles. The summed E-state index contributed by atoms with van der Waals surface area (Å²) in [6.07, 6.45) is 1.48. The molecule has 0 saturated carbocycles. The van der Waals surface area contributed by atoms with Crippen LogP contribution in [0.25, 0.3) is 0 Å². The molecule has 8 heteroatoms. The van der Waals surface area contributed by atoms with Gasteiger partial charge in [0.25, 0.3) is 0 Å². The average Bonchev–Trinajstić information content (AvgIpc) is 2.70. The highest BCUT2D eigenvalue weighted by atomic mass is 32.1. The number of nitrogens with zero attached hydrogens (tertiary/aromatic N) is 1. The van der Waals surface area contributed by atoms with E-state index < -0.39 is 11.9 Å². The standard InChI is InChI=1S/C20H22N2O5S/c1-6-7-27-20(23)16-11(2)22-19(28)13(10-21)17(16)12-8-14(24-3)18(26-5)15(9-12)25-4/h6,8-9,17,22,28H,1,7H2,2-5H3/t17-/m1/s1. The molecule has 0 aromatic heterocycles. The molecule has 1 aromatic carbocycles. The fourth-order valence-electron chi connectivity index (χ4n) is 3.01. The molecule has 28 heavy (non-hydrogen) atoms. The fraction of sp³-hybridized carbons (Fsp3) is 0.300. The molecule has 148 valence electrons. The number of hydrogen-bond acceptors (Lipinski definition) is 8. The van der Waals surface area contributed by atoms with Gasteiger partial charge >= 0.3 is 5.97 Å². The molecule has 7 nitrogen and oxygen atoms in total. The quantitative estimate of drug-likeness (QED) is 0.412. The van der Waals surface area contributed by atoms with E-state index in [2.05, 4.69) is 30.6 Å². The third-order valence-electron chi connectivity index (χ3n) is 4.24. The van der Waals surface area contributed by atoms with Gasteiger partial charge in [0.1, 0.15) is 6.61 Å². The molecule has 1 heterocycles. The Morgan fingerprint density at radius 1 is 1.29 bits per heavy atom. The van der Waals surface area contributed by atoms with E-state index in [1.54, 1.807) is 19.1 Å². The van der Waals surface area contributed by atoms with Gasteiger partial charge in [0.2, 0.25) is 5.75 Å². The largest absolute Gasteiger partial charge is 0.493 e. The van der Waals surface area contributed by atoms with Crippen molar-refractivity contribution >= 4 is 18.6 Å². The summed E-state index contributed by atoms with van der Waals surface area (Å²) in [5.74, 6) is -0.0514. The van der Waals surface area contributed by atoms with Crippen LogP contribution in [-0.4, -0.2) is 33.9 Å². The Bertz CT molecular complexity index is 873. The van der Waals surface area contributed by atoms with Gasteiger partial charge in [-0.1, -0.05) is 12.7 Å². The van der Waals surface area contributed by atoms with E-state index in [0.29, 0.717) is 39.1 Å². The van der Waals surface area contributed by atoms with Gasteiger partial charge in [-0.15, -0.1) is 12.6 Å². The predicted octanol–water partition coefficient (Wildman–Crippen LogP) is 3.07. The van der Waals surface area contributed by atoms with Gasteiger partial charge in [-0.05, 0) is 24.6 Å². The Labute approximate surface area is 169 Å². The molecule has 0 spiro atoms. The summed E-state index contributed by atoms with van der Waals surface area (Å²) >= 11 is 4.38. The van der Waals surface area contributed by atoms with E-state index in [9.17, 15) is 10.1 Å². The molecule has 0 amide bonds. The van der Waals surface area contributed by atoms with Gasteiger partial charge in [0.15, 0.2) is 11.5 Å². The van der Waals surface area contributed by atoms with Crippen LogP contribution < -0.4 is 19.5 Å². The fourth-order valence-corrected chi connectivity index (χ4v) is 3.36. The van der Waals surface area contributed by atoms with Crippen molar-refractivity contribution in [1.29, 1.82) is 5.26 Å². The Hall–Kier alpha value is -3.05. The van der Waals surface area contributed by atoms with Crippen LogP contribution in [0.3, 0.4) is 0 Å². The van der Waals surface area contributed by atoms with Gasteiger partial charge in [0.05, 0.1) is 49.5 Å². The van der Waals surface area contributed by atoms with Crippen molar-refractivity contribution in [2.75, 3.05) is 27.9 Å². The van der Waals surface area contributed by atoms with Crippen molar-refractivity contribution in [3.8, 4) is 23.3 Å². The third kappa shape index (κ3) is 3.94. The number of rotatable bonds is 7. The number of hydrogen-bond donors (Lipinski definition) is 2. The number of carbonyl (C=O) groups is 1. The van der Waals surface area contributed by atoms with Crippen LogP contribution in [-0.2, 0) is 9.53 Å². The number of methoxy groups -OCH3 is 3. The number of thiol groups is 1. The van der Waals surface area contributed by atoms with E-state index >= 15 is 0 Å². The number of nitrogens with one attached hydrogen (secondary N) is 1. The first-order valence-electron chi connectivity index (χ1n) is 8.32. The molecular weight excluding hydrogens is 380 g/mol. The zero-order valence-corrected chi connectivity index (χ0v) is 17.1. The second-order valence-corrected chi connectivity index (χ2v) is 6.26. The topological polar surface area (TPSA) is 89.8 Å². The van der Waals surface area contributed by atoms with Gasteiger partial charge < -0.3 is 24.3 Å². The van der Waals surface area contributed by atoms with Gasteiger partial charge in [-0.2, -0.15) is 5.26 Å². The van der Waals surface area contributed by atoms with E-state index in [-0.39, 0.29) is 12.2 Å². The lowest BCUT2D eigenvalue weighted by atomic mass is 9.82. The lowest BCUT2D eigenvalue weighted by Gasteiger charge is -2.28. The highest BCUT2D eigenvalue weighted by molar-refractivity contribution is 7.84. The Morgan fingerprint density at radius 3 is 2.36 bits per heavy atom. The van der Waals surface area contributed by atoms with Crippen LogP contribution in [0.5, 0.6) is 17.2 Å². The molecule has 0 fully saturated rings. The maximum Gasteiger partial charge on any atom is 0.337 e. The summed E-state index contributed by atoms with van der Waals surface area (Å²) in [4.78, 5) is 12.7. The summed E-state index contributed by atoms with van der Waals surface area (Å²) in [6.45, 7) is 5.33. The van der Waals surface area contributed by atoms with E-state index in [1.807, 2.05) is 0 Å². The van der Waals surface area contributed by atoms with Gasteiger partial charge in [-0.3, -0.25) is 0 Å². The van der Waals surface area contributed by atoms with Crippen molar-refractivity contribution in [3.05, 3.63) is 52.2 Å². The van der Waals surface area contributed by atoms with Crippen LogP contribution in [0.1, 0.15) is 18.4 Å². The normalized spacial score (nSPS) is 16.1. The molecule has 0 radical (unpaired) electrons. The highest BCUT2D eigenvalue weighted by Crippen LogP contribution is 2.45. The molecule has 0 bridgehead atoms. The summed E-state index contributed by atoms with van der Waals surface area (Å²) in [6, 6.07) is 5.53. The van der Waals surface area contributed by atoms with Crippen molar-refractivity contribution in [3.63, 3.8) is 0 Å². The van der Waals surface area contributed by atoms with Gasteiger partial charge in [0, 0.05) is 5.70 Å². The molecular formula is C20H22N2O5S. The second kappa shape index (κ2) is 9.24. The molecule has 1 atom stereocenters. The molecule has 1 aliphatic heterocycles. The molecule has 1 aliphatic rings. The van der Waals surface area contributed by atoms with Crippen molar-refractivity contribution in [2.45, 2.75) is 12.8 Å². The molecule has 1 aromatic rings. The minimum Gasteiger partial charge on any atom is -0.493 e. The van der Waals surface area contributed by atoms with Crippen LogP contribution in [0.2, 0.25) is 0 Å². The number of esters is 1. The number of allylic oxidation sites excluding steroid dienone is 2. The van der Waals surface area contributed by atoms with Crippen molar-refractivity contribution in [1.82, 2.24) is 5.32 Å².